The number of rotatable bonds is 1. The topological polar surface area (TPSA) is 101 Å². The lowest BCUT2D eigenvalue weighted by molar-refractivity contribution is -0.394. The van der Waals surface area contributed by atoms with Crippen LogP contribution in [-0.4, -0.2) is 42.7 Å². The molecule has 0 saturated heterocycles. The summed E-state index contributed by atoms with van der Waals surface area (Å²) < 4.78 is 0. The van der Waals surface area contributed by atoms with Crippen molar-refractivity contribution in [3.63, 3.8) is 0 Å². The van der Waals surface area contributed by atoms with E-state index < -0.39 is 28.5 Å². The van der Waals surface area contributed by atoms with Crippen LogP contribution in [0.3, 0.4) is 0 Å². The van der Waals surface area contributed by atoms with Crippen LogP contribution in [0.15, 0.2) is 0 Å². The number of fused-ring (bicyclic) bond motifs is 5. The highest BCUT2D eigenvalue weighted by Gasteiger charge is 2.82. The zero-order chi connectivity index (χ0) is 19.2. The van der Waals surface area contributed by atoms with Crippen molar-refractivity contribution >= 4 is 0 Å². The molecular formula is C21H36O5. The van der Waals surface area contributed by atoms with Gasteiger partial charge in [-0.15, -0.1) is 0 Å². The molecule has 5 N–H and O–H groups in total. The molecule has 5 nitrogen and oxygen atoms in total. The van der Waals surface area contributed by atoms with Gasteiger partial charge in [0.2, 0.25) is 11.6 Å². The summed E-state index contributed by atoms with van der Waals surface area (Å²) in [6.45, 7) is 5.90. The fourth-order valence-corrected chi connectivity index (χ4v) is 8.28. The van der Waals surface area contributed by atoms with Gasteiger partial charge in [0.1, 0.15) is 5.60 Å². The Bertz CT molecular complexity index is 589. The third-order valence-corrected chi connectivity index (χ3v) is 9.73. The van der Waals surface area contributed by atoms with Crippen LogP contribution in [0.2, 0.25) is 0 Å². The van der Waals surface area contributed by atoms with Gasteiger partial charge in [-0.3, -0.25) is 0 Å². The van der Waals surface area contributed by atoms with Gasteiger partial charge in [-0.05, 0) is 68.1 Å². The maximum absolute atomic E-state index is 11.3. The van der Waals surface area contributed by atoms with Crippen molar-refractivity contribution in [2.75, 3.05) is 0 Å². The van der Waals surface area contributed by atoms with Gasteiger partial charge in [0, 0.05) is 11.3 Å². The molecule has 0 aromatic heterocycles. The molecule has 4 rings (SSSR count). The number of hydrogen-bond acceptors (Lipinski definition) is 5. The van der Waals surface area contributed by atoms with Crippen LogP contribution in [0.5, 0.6) is 0 Å². The van der Waals surface area contributed by atoms with E-state index in [-0.39, 0.29) is 17.8 Å². The Morgan fingerprint density at radius 2 is 1.54 bits per heavy atom. The summed E-state index contributed by atoms with van der Waals surface area (Å²) in [6.07, 6.45) is 8.47. The molecule has 150 valence electrons. The maximum Gasteiger partial charge on any atom is 0.249 e. The summed E-state index contributed by atoms with van der Waals surface area (Å²) in [5.74, 6) is -5.31. The molecule has 0 amide bonds. The highest BCUT2D eigenvalue weighted by atomic mass is 16.6. The normalized spacial score (nSPS) is 54.9. The molecule has 4 aliphatic rings. The first kappa shape index (κ1) is 19.1. The van der Waals surface area contributed by atoms with Crippen molar-refractivity contribution in [3.8, 4) is 0 Å². The van der Waals surface area contributed by atoms with Gasteiger partial charge in [-0.2, -0.15) is 0 Å². The Morgan fingerprint density at radius 3 is 2.19 bits per heavy atom. The Labute approximate surface area is 156 Å². The molecule has 0 bridgehead atoms. The molecule has 0 spiro atoms. The smallest absolute Gasteiger partial charge is 0.249 e. The summed E-state index contributed by atoms with van der Waals surface area (Å²) >= 11 is 0. The van der Waals surface area contributed by atoms with Crippen LogP contribution < -0.4 is 0 Å². The monoisotopic (exact) mass is 368 g/mol. The van der Waals surface area contributed by atoms with E-state index in [2.05, 4.69) is 6.92 Å². The van der Waals surface area contributed by atoms with Gasteiger partial charge >= 0.3 is 0 Å². The van der Waals surface area contributed by atoms with E-state index in [1.165, 1.54) is 25.7 Å². The molecule has 4 fully saturated rings. The van der Waals surface area contributed by atoms with E-state index in [4.69, 9.17) is 0 Å². The first-order valence-corrected chi connectivity index (χ1v) is 10.6. The first-order chi connectivity index (χ1) is 12.0. The average Bonchev–Trinajstić information content (AvgIpc) is 2.67. The van der Waals surface area contributed by atoms with Gasteiger partial charge < -0.3 is 25.5 Å². The predicted molar refractivity (Wildman–Crippen MR) is 96.7 cm³/mol. The molecule has 7 atom stereocenters. The minimum atomic E-state index is -2.92. The van der Waals surface area contributed by atoms with Crippen LogP contribution >= 0.6 is 0 Å². The zero-order valence-electron chi connectivity index (χ0n) is 16.4. The highest BCUT2D eigenvalue weighted by Crippen LogP contribution is 2.72. The summed E-state index contributed by atoms with van der Waals surface area (Å²) in [6, 6.07) is 0. The molecule has 4 saturated carbocycles. The highest BCUT2D eigenvalue weighted by molar-refractivity contribution is 5.25. The second-order valence-corrected chi connectivity index (χ2v) is 10.3. The summed E-state index contributed by atoms with van der Waals surface area (Å²) in [5.41, 5.74) is -2.66. The van der Waals surface area contributed by atoms with Crippen LogP contribution in [0, 0.1) is 34.5 Å². The lowest BCUT2D eigenvalue weighted by Crippen LogP contribution is -2.64. The number of hydrogen-bond donors (Lipinski definition) is 5. The molecule has 0 aromatic rings. The van der Waals surface area contributed by atoms with Crippen LogP contribution in [0.1, 0.15) is 78.6 Å². The zero-order valence-corrected chi connectivity index (χ0v) is 16.4. The van der Waals surface area contributed by atoms with Crippen molar-refractivity contribution in [2.24, 2.45) is 34.5 Å². The van der Waals surface area contributed by atoms with Crippen molar-refractivity contribution in [3.05, 3.63) is 0 Å². The second kappa shape index (κ2) is 5.44. The summed E-state index contributed by atoms with van der Waals surface area (Å²) in [4.78, 5) is 0. The summed E-state index contributed by atoms with van der Waals surface area (Å²) in [7, 11) is 0. The molecule has 4 aliphatic carbocycles. The average molecular weight is 369 g/mol. The number of aliphatic hydroxyl groups is 5. The van der Waals surface area contributed by atoms with E-state index >= 15 is 0 Å². The fourth-order valence-electron chi connectivity index (χ4n) is 8.28. The second-order valence-electron chi connectivity index (χ2n) is 10.3. The van der Waals surface area contributed by atoms with Crippen molar-refractivity contribution < 1.29 is 25.5 Å². The first-order valence-electron chi connectivity index (χ1n) is 10.6. The van der Waals surface area contributed by atoms with Crippen LogP contribution in [0.25, 0.3) is 0 Å². The quantitative estimate of drug-likeness (QED) is 0.457. The molecule has 0 aliphatic heterocycles. The van der Waals surface area contributed by atoms with Gasteiger partial charge in [0.25, 0.3) is 0 Å². The Balaban J connectivity index is 1.80. The van der Waals surface area contributed by atoms with Gasteiger partial charge in [0.15, 0.2) is 0 Å². The lowest BCUT2D eigenvalue weighted by atomic mass is 9.44. The Morgan fingerprint density at radius 1 is 0.846 bits per heavy atom. The third kappa shape index (κ3) is 1.90. The Kier molecular flexibility index (Phi) is 4.01. The van der Waals surface area contributed by atoms with Crippen LogP contribution in [-0.2, 0) is 0 Å². The minimum Gasteiger partial charge on any atom is -0.383 e. The van der Waals surface area contributed by atoms with Gasteiger partial charge in [-0.1, -0.05) is 33.6 Å². The minimum absolute atomic E-state index is 0.00218. The van der Waals surface area contributed by atoms with E-state index in [0.29, 0.717) is 18.3 Å². The van der Waals surface area contributed by atoms with E-state index in [1.54, 1.807) is 6.92 Å². The lowest BCUT2D eigenvalue weighted by Gasteiger charge is -2.61. The van der Waals surface area contributed by atoms with Gasteiger partial charge in [-0.25, -0.2) is 0 Å². The SMILES string of the molecule is CC[C@@]1(O)C(O)(O)C(O)(O)[C@H]2[C@@H]3CCC4CCCC[C@]4(C)[C@H]3CC[C@@]21C. The van der Waals surface area contributed by atoms with Crippen LogP contribution in [0.4, 0.5) is 0 Å². The molecule has 5 heteroatoms. The van der Waals surface area contributed by atoms with E-state index in [9.17, 15) is 25.5 Å². The van der Waals surface area contributed by atoms with Crippen molar-refractivity contribution in [1.29, 1.82) is 0 Å². The third-order valence-electron chi connectivity index (χ3n) is 9.73. The van der Waals surface area contributed by atoms with Gasteiger partial charge in [0.05, 0.1) is 0 Å². The predicted octanol–water partition coefficient (Wildman–Crippen LogP) is 2.14. The summed E-state index contributed by atoms with van der Waals surface area (Å²) in [5, 5.41) is 54.7. The fraction of sp³-hybridized carbons (Fsp3) is 1.00. The molecule has 1 unspecified atom stereocenters. The Hall–Kier alpha value is -0.200. The molecule has 0 aromatic carbocycles. The molecule has 0 radical (unpaired) electrons. The molecule has 26 heavy (non-hydrogen) atoms. The molecule has 0 heterocycles. The van der Waals surface area contributed by atoms with E-state index in [1.807, 2.05) is 6.92 Å². The van der Waals surface area contributed by atoms with Crippen molar-refractivity contribution in [2.45, 2.75) is 95.7 Å². The maximum atomic E-state index is 11.3. The molecular weight excluding hydrogens is 332 g/mol. The van der Waals surface area contributed by atoms with E-state index in [0.717, 1.165) is 19.3 Å². The van der Waals surface area contributed by atoms with Crippen molar-refractivity contribution in [1.82, 2.24) is 0 Å². The standard InChI is InChI=1S/C21H36O5/c1-4-19(22)18(3)12-10-15-14(16(18)20(23,24)21(19,25)26)9-8-13-7-5-6-11-17(13,15)2/h13-16,22-26H,4-12H2,1-3H3/t13?,14-,15+,16+,17+,18+,19+/m1/s1. The largest absolute Gasteiger partial charge is 0.383 e.